The Morgan fingerprint density at radius 1 is 1.56 bits per heavy atom. The highest BCUT2D eigenvalue weighted by molar-refractivity contribution is 7.99. The largest absolute Gasteiger partial charge is 0.328 e. The first-order valence-electron chi connectivity index (χ1n) is 5.78. The second kappa shape index (κ2) is 5.44. The molecule has 1 aliphatic rings. The van der Waals surface area contributed by atoms with Crippen molar-refractivity contribution in [1.82, 2.24) is 0 Å². The molecular weight excluding hydrogens is 238 g/mol. The quantitative estimate of drug-likeness (QED) is 0.895. The minimum Gasteiger partial charge on any atom is -0.328 e. The van der Waals surface area contributed by atoms with Crippen LogP contribution in [0.2, 0.25) is 5.02 Å². The molecule has 1 saturated heterocycles. The number of thioether (sulfide) groups is 1. The molecule has 2 unspecified atom stereocenters. The summed E-state index contributed by atoms with van der Waals surface area (Å²) in [5.74, 6) is 3.14. The van der Waals surface area contributed by atoms with E-state index in [4.69, 9.17) is 17.3 Å². The molecule has 0 saturated carbocycles. The van der Waals surface area contributed by atoms with Crippen molar-refractivity contribution in [1.29, 1.82) is 0 Å². The lowest BCUT2D eigenvalue weighted by atomic mass is 9.96. The third kappa shape index (κ3) is 2.93. The molecule has 1 fully saturated rings. The number of rotatable bonds is 3. The van der Waals surface area contributed by atoms with Crippen LogP contribution in [0.5, 0.6) is 0 Å². The Balaban J connectivity index is 2.15. The standard InChI is InChI=1S/C13H18ClNS/c1-9(15)6-10-2-3-12(13(14)7-10)11-4-5-16-8-11/h2-3,7,9,11H,4-6,8,15H2,1H3. The van der Waals surface area contributed by atoms with Gasteiger partial charge in [-0.3, -0.25) is 0 Å². The van der Waals surface area contributed by atoms with Crippen LogP contribution in [0.1, 0.15) is 30.4 Å². The van der Waals surface area contributed by atoms with Gasteiger partial charge in [0.15, 0.2) is 0 Å². The van der Waals surface area contributed by atoms with Crippen LogP contribution < -0.4 is 5.73 Å². The molecule has 1 aromatic rings. The van der Waals surface area contributed by atoms with Gasteiger partial charge in [-0.15, -0.1) is 0 Å². The lowest BCUT2D eigenvalue weighted by Gasteiger charge is -2.13. The minimum absolute atomic E-state index is 0.198. The van der Waals surface area contributed by atoms with Gasteiger partial charge in [0.25, 0.3) is 0 Å². The number of hydrogen-bond acceptors (Lipinski definition) is 2. The second-order valence-electron chi connectivity index (χ2n) is 4.60. The molecule has 1 heterocycles. The molecule has 1 aromatic carbocycles. The van der Waals surface area contributed by atoms with Gasteiger partial charge in [0.05, 0.1) is 0 Å². The topological polar surface area (TPSA) is 26.0 Å². The van der Waals surface area contributed by atoms with Crippen molar-refractivity contribution in [3.8, 4) is 0 Å². The molecule has 0 amide bonds. The fourth-order valence-electron chi connectivity index (χ4n) is 2.18. The van der Waals surface area contributed by atoms with E-state index in [1.807, 2.05) is 18.7 Å². The SMILES string of the molecule is CC(N)Cc1ccc(C2CCSC2)c(Cl)c1. The van der Waals surface area contributed by atoms with E-state index in [-0.39, 0.29) is 6.04 Å². The zero-order chi connectivity index (χ0) is 11.5. The summed E-state index contributed by atoms with van der Waals surface area (Å²) in [4.78, 5) is 0. The first kappa shape index (κ1) is 12.3. The summed E-state index contributed by atoms with van der Waals surface area (Å²) in [6.45, 7) is 2.02. The molecular formula is C13H18ClNS. The maximum absolute atomic E-state index is 6.34. The van der Waals surface area contributed by atoms with E-state index in [2.05, 4.69) is 18.2 Å². The fourth-order valence-corrected chi connectivity index (χ4v) is 3.79. The highest BCUT2D eigenvalue weighted by Gasteiger charge is 2.19. The second-order valence-corrected chi connectivity index (χ2v) is 6.15. The fraction of sp³-hybridized carbons (Fsp3) is 0.538. The minimum atomic E-state index is 0.198. The van der Waals surface area contributed by atoms with Crippen molar-refractivity contribution in [3.63, 3.8) is 0 Å². The zero-order valence-corrected chi connectivity index (χ0v) is 11.2. The predicted molar refractivity (Wildman–Crippen MR) is 73.5 cm³/mol. The number of hydrogen-bond donors (Lipinski definition) is 1. The van der Waals surface area contributed by atoms with Crippen LogP contribution in [0.15, 0.2) is 18.2 Å². The van der Waals surface area contributed by atoms with E-state index < -0.39 is 0 Å². The van der Waals surface area contributed by atoms with Crippen molar-refractivity contribution in [2.75, 3.05) is 11.5 Å². The highest BCUT2D eigenvalue weighted by Crippen LogP contribution is 2.36. The normalized spacial score (nSPS) is 22.3. The third-order valence-electron chi connectivity index (χ3n) is 2.99. The third-order valence-corrected chi connectivity index (χ3v) is 4.48. The lowest BCUT2D eigenvalue weighted by Crippen LogP contribution is -2.17. The van der Waals surface area contributed by atoms with E-state index in [0.717, 1.165) is 11.4 Å². The van der Waals surface area contributed by atoms with Crippen LogP contribution in [-0.4, -0.2) is 17.5 Å². The molecule has 0 radical (unpaired) electrons. The Morgan fingerprint density at radius 3 is 2.94 bits per heavy atom. The summed E-state index contributed by atoms with van der Waals surface area (Å²) in [6.07, 6.45) is 2.16. The Hall–Kier alpha value is -0.180. The van der Waals surface area contributed by atoms with E-state index in [9.17, 15) is 0 Å². The van der Waals surface area contributed by atoms with Gasteiger partial charge < -0.3 is 5.73 Å². The van der Waals surface area contributed by atoms with Crippen molar-refractivity contribution in [2.24, 2.45) is 5.73 Å². The average Bonchev–Trinajstić information content (AvgIpc) is 2.69. The van der Waals surface area contributed by atoms with Crippen LogP contribution in [-0.2, 0) is 6.42 Å². The monoisotopic (exact) mass is 255 g/mol. The van der Waals surface area contributed by atoms with Gasteiger partial charge >= 0.3 is 0 Å². The maximum Gasteiger partial charge on any atom is 0.0443 e. The van der Waals surface area contributed by atoms with Gasteiger partial charge in [0, 0.05) is 16.8 Å². The van der Waals surface area contributed by atoms with Gasteiger partial charge in [-0.05, 0) is 48.6 Å². The molecule has 1 aliphatic heterocycles. The lowest BCUT2D eigenvalue weighted by molar-refractivity contribution is 0.735. The summed E-state index contributed by atoms with van der Waals surface area (Å²) < 4.78 is 0. The highest BCUT2D eigenvalue weighted by atomic mass is 35.5. The molecule has 2 atom stereocenters. The summed E-state index contributed by atoms with van der Waals surface area (Å²) >= 11 is 8.36. The molecule has 0 aromatic heterocycles. The summed E-state index contributed by atoms with van der Waals surface area (Å²) in [7, 11) is 0. The van der Waals surface area contributed by atoms with Gasteiger partial charge in [-0.25, -0.2) is 0 Å². The molecule has 3 heteroatoms. The Labute approximate surface area is 107 Å². The van der Waals surface area contributed by atoms with Crippen molar-refractivity contribution >= 4 is 23.4 Å². The van der Waals surface area contributed by atoms with Gasteiger partial charge in [0.2, 0.25) is 0 Å². The Kier molecular flexibility index (Phi) is 4.17. The Bertz CT molecular complexity index is 359. The van der Waals surface area contributed by atoms with Crippen LogP contribution in [0.4, 0.5) is 0 Å². The van der Waals surface area contributed by atoms with E-state index in [1.54, 1.807) is 0 Å². The van der Waals surface area contributed by atoms with Crippen molar-refractivity contribution in [3.05, 3.63) is 34.3 Å². The zero-order valence-electron chi connectivity index (χ0n) is 9.58. The number of nitrogens with two attached hydrogens (primary N) is 1. The molecule has 0 aliphatic carbocycles. The molecule has 2 N–H and O–H groups in total. The van der Waals surface area contributed by atoms with Gasteiger partial charge in [-0.2, -0.15) is 11.8 Å². The van der Waals surface area contributed by atoms with E-state index in [0.29, 0.717) is 5.92 Å². The van der Waals surface area contributed by atoms with E-state index >= 15 is 0 Å². The first-order valence-corrected chi connectivity index (χ1v) is 7.31. The summed E-state index contributed by atoms with van der Waals surface area (Å²) in [5, 5.41) is 0.922. The van der Waals surface area contributed by atoms with Crippen molar-refractivity contribution < 1.29 is 0 Å². The molecule has 1 nitrogen and oxygen atoms in total. The summed E-state index contributed by atoms with van der Waals surface area (Å²) in [5.41, 5.74) is 8.35. The average molecular weight is 256 g/mol. The van der Waals surface area contributed by atoms with Crippen molar-refractivity contribution in [2.45, 2.75) is 31.7 Å². The predicted octanol–water partition coefficient (Wildman–Crippen LogP) is 3.45. The molecule has 88 valence electrons. The van der Waals surface area contributed by atoms with Crippen LogP contribution in [0.3, 0.4) is 0 Å². The molecule has 0 spiro atoms. The van der Waals surface area contributed by atoms with E-state index in [1.165, 1.54) is 29.1 Å². The maximum atomic E-state index is 6.34. The molecule has 2 rings (SSSR count). The number of benzene rings is 1. The first-order chi connectivity index (χ1) is 7.66. The summed E-state index contributed by atoms with van der Waals surface area (Å²) in [6, 6.07) is 6.65. The van der Waals surface area contributed by atoms with Crippen LogP contribution >= 0.6 is 23.4 Å². The van der Waals surface area contributed by atoms with Gasteiger partial charge in [-0.1, -0.05) is 23.7 Å². The molecule has 0 bridgehead atoms. The van der Waals surface area contributed by atoms with Crippen LogP contribution in [0, 0.1) is 0 Å². The van der Waals surface area contributed by atoms with Crippen LogP contribution in [0.25, 0.3) is 0 Å². The molecule has 16 heavy (non-hydrogen) atoms. The smallest absolute Gasteiger partial charge is 0.0443 e. The number of halogens is 1. The van der Waals surface area contributed by atoms with Gasteiger partial charge in [0.1, 0.15) is 0 Å². The Morgan fingerprint density at radius 2 is 2.38 bits per heavy atom.